The molecule has 3 aromatic carbocycles. The largest absolute Gasteiger partial charge is 0.505 e. The maximum atomic E-state index is 10.9. The molecule has 0 radical (unpaired) electrons. The SMILES string of the molecule is O=[N+]([O-])c1cccc(N=Nc2cccc(/C=N/c3nnc(-c4ccccc4)s3)c2O)c1. The molecule has 0 aliphatic heterocycles. The molecular weight excluding hydrogens is 416 g/mol. The molecule has 0 saturated heterocycles. The molecule has 0 amide bonds. The van der Waals surface area contributed by atoms with Gasteiger partial charge in [0.15, 0.2) is 5.75 Å². The molecule has 0 atom stereocenters. The van der Waals surface area contributed by atoms with Crippen LogP contribution in [0.4, 0.5) is 22.2 Å². The van der Waals surface area contributed by atoms with Crippen LogP contribution in [0.15, 0.2) is 88.0 Å². The first kappa shape index (κ1) is 20.0. The highest BCUT2D eigenvalue weighted by molar-refractivity contribution is 7.18. The first-order valence-corrected chi connectivity index (χ1v) is 9.83. The number of aromatic nitrogens is 2. The molecule has 1 N–H and O–H groups in total. The van der Waals surface area contributed by atoms with Gasteiger partial charge in [0.25, 0.3) is 5.69 Å². The first-order valence-electron chi connectivity index (χ1n) is 9.01. The average molecular weight is 430 g/mol. The smallest absolute Gasteiger partial charge is 0.271 e. The second kappa shape index (κ2) is 9.01. The molecule has 31 heavy (non-hydrogen) atoms. The zero-order valence-electron chi connectivity index (χ0n) is 15.9. The van der Waals surface area contributed by atoms with Crippen LogP contribution in [-0.2, 0) is 0 Å². The summed E-state index contributed by atoms with van der Waals surface area (Å²) in [5, 5.41) is 38.7. The number of hydrogen-bond donors (Lipinski definition) is 1. The Labute approximate surface area is 180 Å². The molecule has 0 aliphatic carbocycles. The minimum atomic E-state index is -0.510. The lowest BCUT2D eigenvalue weighted by molar-refractivity contribution is -0.384. The maximum Gasteiger partial charge on any atom is 0.271 e. The minimum absolute atomic E-state index is 0.0894. The maximum absolute atomic E-state index is 10.9. The predicted molar refractivity (Wildman–Crippen MR) is 118 cm³/mol. The first-order chi connectivity index (χ1) is 15.1. The van der Waals surface area contributed by atoms with Crippen molar-refractivity contribution in [2.24, 2.45) is 15.2 Å². The van der Waals surface area contributed by atoms with Crippen molar-refractivity contribution in [3.8, 4) is 16.3 Å². The number of hydrogen-bond acceptors (Lipinski definition) is 9. The summed E-state index contributed by atoms with van der Waals surface area (Å²) in [6.45, 7) is 0. The summed E-state index contributed by atoms with van der Waals surface area (Å²) < 4.78 is 0. The van der Waals surface area contributed by atoms with Crippen LogP contribution in [-0.4, -0.2) is 26.4 Å². The van der Waals surface area contributed by atoms with Gasteiger partial charge >= 0.3 is 0 Å². The Balaban J connectivity index is 1.53. The van der Waals surface area contributed by atoms with E-state index in [1.54, 1.807) is 24.3 Å². The van der Waals surface area contributed by atoms with Crippen molar-refractivity contribution < 1.29 is 10.0 Å². The Hall–Kier alpha value is -4.31. The fraction of sp³-hybridized carbons (Fsp3) is 0. The normalized spacial score (nSPS) is 11.4. The Morgan fingerprint density at radius 3 is 2.58 bits per heavy atom. The van der Waals surface area contributed by atoms with E-state index in [2.05, 4.69) is 25.4 Å². The van der Waals surface area contributed by atoms with E-state index in [-0.39, 0.29) is 17.1 Å². The number of azo groups is 1. The van der Waals surface area contributed by atoms with Crippen LogP contribution in [0, 0.1) is 10.1 Å². The molecule has 0 bridgehead atoms. The molecule has 0 aliphatic rings. The highest BCUT2D eigenvalue weighted by Gasteiger charge is 2.08. The number of non-ortho nitro benzene ring substituents is 1. The third kappa shape index (κ3) is 4.82. The standard InChI is InChI=1S/C21H14N6O3S/c28-19-15(13-22-21-26-25-20(31-21)14-6-2-1-3-7-14)8-4-11-18(19)24-23-16-9-5-10-17(12-16)27(29)30/h1-13,28H/b22-13+,24-23?. The molecule has 4 rings (SSSR count). The fourth-order valence-electron chi connectivity index (χ4n) is 2.60. The van der Waals surface area contributed by atoms with Gasteiger partial charge in [0.05, 0.1) is 10.6 Å². The van der Waals surface area contributed by atoms with Crippen molar-refractivity contribution in [3.05, 3.63) is 88.5 Å². The summed E-state index contributed by atoms with van der Waals surface area (Å²) >= 11 is 1.33. The molecular formula is C21H14N6O3S. The molecule has 10 heteroatoms. The third-order valence-corrected chi connectivity index (χ3v) is 4.99. The van der Waals surface area contributed by atoms with Crippen LogP contribution in [0.3, 0.4) is 0 Å². The molecule has 1 heterocycles. The zero-order valence-corrected chi connectivity index (χ0v) is 16.7. The van der Waals surface area contributed by atoms with E-state index >= 15 is 0 Å². The molecule has 0 saturated carbocycles. The van der Waals surface area contributed by atoms with Crippen LogP contribution in [0.5, 0.6) is 5.75 Å². The van der Waals surface area contributed by atoms with E-state index in [9.17, 15) is 15.2 Å². The number of aromatic hydroxyl groups is 1. The lowest BCUT2D eigenvalue weighted by Gasteiger charge is -2.01. The van der Waals surface area contributed by atoms with Crippen molar-refractivity contribution in [2.75, 3.05) is 0 Å². The van der Waals surface area contributed by atoms with Gasteiger partial charge in [0.2, 0.25) is 5.13 Å². The molecule has 0 unspecified atom stereocenters. The van der Waals surface area contributed by atoms with Gasteiger partial charge in [-0.3, -0.25) is 10.1 Å². The van der Waals surface area contributed by atoms with E-state index in [0.717, 1.165) is 10.6 Å². The van der Waals surface area contributed by atoms with E-state index in [1.165, 1.54) is 35.8 Å². The molecule has 0 spiro atoms. The number of benzene rings is 3. The molecule has 9 nitrogen and oxygen atoms in total. The number of para-hydroxylation sites is 1. The Morgan fingerprint density at radius 2 is 1.77 bits per heavy atom. The highest BCUT2D eigenvalue weighted by Crippen LogP contribution is 2.32. The number of rotatable bonds is 6. The van der Waals surface area contributed by atoms with Gasteiger partial charge in [0.1, 0.15) is 10.7 Å². The number of phenolic OH excluding ortho intramolecular Hbond substituents is 1. The summed E-state index contributed by atoms with van der Waals surface area (Å²) in [5.41, 5.74) is 1.79. The molecule has 0 fully saturated rings. The second-order valence-electron chi connectivity index (χ2n) is 6.21. The number of nitro benzene ring substituents is 1. The molecule has 1 aromatic heterocycles. The van der Waals surface area contributed by atoms with Crippen LogP contribution < -0.4 is 0 Å². The van der Waals surface area contributed by atoms with Crippen molar-refractivity contribution in [2.45, 2.75) is 0 Å². The predicted octanol–water partition coefficient (Wildman–Crippen LogP) is 5.98. The van der Waals surface area contributed by atoms with Crippen molar-refractivity contribution in [1.29, 1.82) is 0 Å². The lowest BCUT2D eigenvalue weighted by Crippen LogP contribution is -1.85. The van der Waals surface area contributed by atoms with Crippen molar-refractivity contribution in [3.63, 3.8) is 0 Å². The summed E-state index contributed by atoms with van der Waals surface area (Å²) in [7, 11) is 0. The second-order valence-corrected chi connectivity index (χ2v) is 7.16. The summed E-state index contributed by atoms with van der Waals surface area (Å²) in [6.07, 6.45) is 1.47. The van der Waals surface area contributed by atoms with E-state index in [4.69, 9.17) is 0 Å². The van der Waals surface area contributed by atoms with Gasteiger partial charge in [-0.2, -0.15) is 5.11 Å². The van der Waals surface area contributed by atoms with Crippen LogP contribution in [0.2, 0.25) is 0 Å². The number of nitrogens with zero attached hydrogens (tertiary/aromatic N) is 6. The Kier molecular flexibility index (Phi) is 5.81. The van der Waals surface area contributed by atoms with Gasteiger partial charge in [-0.15, -0.1) is 15.3 Å². The van der Waals surface area contributed by atoms with Crippen LogP contribution in [0.25, 0.3) is 10.6 Å². The zero-order chi connectivity index (χ0) is 21.6. The van der Waals surface area contributed by atoms with Gasteiger partial charge in [-0.25, -0.2) is 4.99 Å². The van der Waals surface area contributed by atoms with Crippen LogP contribution in [0.1, 0.15) is 5.56 Å². The lowest BCUT2D eigenvalue weighted by atomic mass is 10.2. The van der Waals surface area contributed by atoms with Crippen LogP contribution >= 0.6 is 11.3 Å². The summed E-state index contributed by atoms with van der Waals surface area (Å²) in [5.74, 6) is -0.117. The quantitative estimate of drug-likeness (QED) is 0.174. The number of phenols is 1. The topological polar surface area (TPSA) is 126 Å². The van der Waals surface area contributed by atoms with E-state index in [0.29, 0.717) is 16.4 Å². The van der Waals surface area contributed by atoms with Gasteiger partial charge in [-0.05, 0) is 18.2 Å². The Morgan fingerprint density at radius 1 is 0.968 bits per heavy atom. The van der Waals surface area contributed by atoms with E-state index in [1.807, 2.05) is 30.3 Å². The molecule has 152 valence electrons. The van der Waals surface area contributed by atoms with Crippen molar-refractivity contribution in [1.82, 2.24) is 10.2 Å². The van der Waals surface area contributed by atoms with Gasteiger partial charge < -0.3 is 5.11 Å². The summed E-state index contributed by atoms with van der Waals surface area (Å²) in [6, 6.07) is 20.3. The number of nitro groups is 1. The number of aliphatic imine (C=N–C) groups is 1. The minimum Gasteiger partial charge on any atom is -0.505 e. The fourth-order valence-corrected chi connectivity index (χ4v) is 3.30. The monoisotopic (exact) mass is 430 g/mol. The Bertz CT molecular complexity index is 1290. The summed E-state index contributed by atoms with van der Waals surface area (Å²) in [4.78, 5) is 14.6. The average Bonchev–Trinajstić information content (AvgIpc) is 3.27. The highest BCUT2D eigenvalue weighted by atomic mass is 32.1. The van der Waals surface area contributed by atoms with Gasteiger partial charge in [0, 0.05) is 29.5 Å². The third-order valence-electron chi connectivity index (χ3n) is 4.11. The van der Waals surface area contributed by atoms with Gasteiger partial charge in [-0.1, -0.05) is 53.8 Å². The van der Waals surface area contributed by atoms with Crippen molar-refractivity contribution >= 4 is 39.7 Å². The molecule has 4 aromatic rings. The van der Waals surface area contributed by atoms with E-state index < -0.39 is 4.92 Å².